The van der Waals surface area contributed by atoms with Crippen LogP contribution in [-0.2, 0) is 35.7 Å². The van der Waals surface area contributed by atoms with Crippen LogP contribution in [-0.4, -0.2) is 41.2 Å². The van der Waals surface area contributed by atoms with Crippen molar-refractivity contribution in [1.82, 2.24) is 14.1 Å². The van der Waals surface area contributed by atoms with Crippen LogP contribution in [0.5, 0.6) is 0 Å². The first-order valence-electron chi connectivity index (χ1n) is 8.78. The molecule has 0 radical (unpaired) electrons. The van der Waals surface area contributed by atoms with Gasteiger partial charge in [0.1, 0.15) is 0 Å². The highest BCUT2D eigenvalue weighted by Crippen LogP contribution is 2.34. The van der Waals surface area contributed by atoms with Gasteiger partial charge >= 0.3 is 6.18 Å². The molecule has 0 bridgehead atoms. The molecule has 0 spiro atoms. The molecule has 0 aliphatic carbocycles. The molecule has 1 aromatic heterocycles. The number of alkyl halides is 4. The van der Waals surface area contributed by atoms with Crippen LogP contribution in [0.15, 0.2) is 24.3 Å². The third-order valence-electron chi connectivity index (χ3n) is 4.80. The summed E-state index contributed by atoms with van der Waals surface area (Å²) >= 11 is 5.92. The average Bonchev–Trinajstić information content (AvgIpc) is 2.98. The molecule has 2 aromatic rings. The molecule has 2 heterocycles. The largest absolute Gasteiger partial charge is 0.416 e. The summed E-state index contributed by atoms with van der Waals surface area (Å²) < 4.78 is 65.7. The zero-order chi connectivity index (χ0) is 20.7. The summed E-state index contributed by atoms with van der Waals surface area (Å²) in [6.07, 6.45) is -2.78. The Bertz CT molecular complexity index is 956. The number of sulfonamides is 1. The number of hydrogen-bond donors (Lipinski definition) is 0. The lowest BCUT2D eigenvalue weighted by Gasteiger charge is -2.26. The maximum atomic E-state index is 12.9. The van der Waals surface area contributed by atoms with Crippen molar-refractivity contribution in [2.45, 2.75) is 32.6 Å². The number of nitrogens with zero attached hydrogens (tertiary/aromatic N) is 3. The summed E-state index contributed by atoms with van der Waals surface area (Å²) in [6.45, 7) is 3.04. The molecule has 5 nitrogen and oxygen atoms in total. The molecule has 28 heavy (non-hydrogen) atoms. The van der Waals surface area contributed by atoms with Gasteiger partial charge in [0.05, 0.1) is 17.5 Å². The van der Waals surface area contributed by atoms with Crippen molar-refractivity contribution in [1.29, 1.82) is 0 Å². The fraction of sp³-hybridized carbons (Fsp3) is 0.500. The van der Waals surface area contributed by atoms with Gasteiger partial charge in [0.15, 0.2) is 0 Å². The fourth-order valence-electron chi connectivity index (χ4n) is 3.29. The van der Waals surface area contributed by atoms with Crippen molar-refractivity contribution < 1.29 is 21.6 Å². The summed E-state index contributed by atoms with van der Waals surface area (Å²) in [5.41, 5.74) is 1.94. The van der Waals surface area contributed by atoms with Gasteiger partial charge < -0.3 is 0 Å². The van der Waals surface area contributed by atoms with Gasteiger partial charge in [-0.05, 0) is 18.1 Å². The third kappa shape index (κ3) is 4.36. The van der Waals surface area contributed by atoms with Gasteiger partial charge in [0.2, 0.25) is 10.0 Å². The van der Waals surface area contributed by atoms with Gasteiger partial charge in [-0.3, -0.25) is 4.68 Å². The number of rotatable bonds is 5. The summed E-state index contributed by atoms with van der Waals surface area (Å²) in [7, 11) is -3.39. The Morgan fingerprint density at radius 1 is 1.25 bits per heavy atom. The van der Waals surface area contributed by atoms with Gasteiger partial charge in [0, 0.05) is 48.8 Å². The van der Waals surface area contributed by atoms with Crippen LogP contribution in [0, 0.1) is 5.92 Å². The molecule has 1 aliphatic heterocycles. The maximum Gasteiger partial charge on any atom is 0.416 e. The van der Waals surface area contributed by atoms with Crippen LogP contribution in [0.2, 0.25) is 0 Å². The van der Waals surface area contributed by atoms with Crippen molar-refractivity contribution >= 4 is 21.6 Å². The molecule has 154 valence electrons. The van der Waals surface area contributed by atoms with Crippen molar-refractivity contribution in [3.63, 3.8) is 0 Å². The Kier molecular flexibility index (Phi) is 5.80. The SMILES string of the molecule is C[C@@H](CCl)Cn1nc(-c2ccc(C(F)(F)F)cc2)c2c1CCN(S(C)(=O)=O)C2. The van der Waals surface area contributed by atoms with E-state index in [0.29, 0.717) is 36.6 Å². The summed E-state index contributed by atoms with van der Waals surface area (Å²) in [5, 5.41) is 4.61. The molecule has 0 unspecified atom stereocenters. The van der Waals surface area contributed by atoms with Crippen molar-refractivity contribution in [2.75, 3.05) is 18.7 Å². The van der Waals surface area contributed by atoms with E-state index in [1.165, 1.54) is 16.4 Å². The second-order valence-electron chi connectivity index (χ2n) is 7.14. The van der Waals surface area contributed by atoms with Crippen molar-refractivity contribution in [3.8, 4) is 11.3 Å². The normalized spacial score (nSPS) is 16.8. The smallest absolute Gasteiger partial charge is 0.268 e. The highest BCUT2D eigenvalue weighted by Gasteiger charge is 2.32. The molecule has 0 amide bonds. The minimum absolute atomic E-state index is 0.152. The van der Waals surface area contributed by atoms with Crippen LogP contribution >= 0.6 is 11.6 Å². The van der Waals surface area contributed by atoms with E-state index in [4.69, 9.17) is 11.6 Å². The molecule has 0 saturated carbocycles. The van der Waals surface area contributed by atoms with E-state index in [2.05, 4.69) is 5.10 Å². The van der Waals surface area contributed by atoms with E-state index in [1.807, 2.05) is 11.6 Å². The topological polar surface area (TPSA) is 55.2 Å². The predicted molar refractivity (Wildman–Crippen MR) is 102 cm³/mol. The molecule has 0 saturated heterocycles. The van der Waals surface area contributed by atoms with Crippen molar-refractivity contribution in [3.05, 3.63) is 41.1 Å². The Morgan fingerprint density at radius 2 is 1.89 bits per heavy atom. The number of aromatic nitrogens is 2. The first-order chi connectivity index (χ1) is 13.0. The highest BCUT2D eigenvalue weighted by molar-refractivity contribution is 7.88. The Labute approximate surface area is 167 Å². The Morgan fingerprint density at radius 3 is 2.43 bits per heavy atom. The standard InChI is InChI=1S/C18H21ClF3N3O2S/c1-12(9-19)10-25-16-7-8-24(28(2,26)27)11-15(16)17(23-25)13-3-5-14(6-4-13)18(20,21)22/h3-6,12H,7-11H2,1-2H3/t12-/m0/s1. The third-order valence-corrected chi connectivity index (χ3v) is 6.58. The van der Waals surface area contributed by atoms with E-state index in [-0.39, 0.29) is 12.5 Å². The Balaban J connectivity index is 2.05. The maximum absolute atomic E-state index is 12.9. The number of benzene rings is 1. The second kappa shape index (κ2) is 7.68. The predicted octanol–water partition coefficient (Wildman–Crippen LogP) is 3.76. The van der Waals surface area contributed by atoms with Gasteiger partial charge in [-0.1, -0.05) is 19.1 Å². The first-order valence-corrected chi connectivity index (χ1v) is 11.2. The van der Waals surface area contributed by atoms with Gasteiger partial charge in [-0.15, -0.1) is 11.6 Å². The summed E-state index contributed by atoms with van der Waals surface area (Å²) in [6, 6.07) is 4.78. The van der Waals surface area contributed by atoms with Crippen LogP contribution in [0.25, 0.3) is 11.3 Å². The van der Waals surface area contributed by atoms with E-state index >= 15 is 0 Å². The molecule has 10 heteroatoms. The van der Waals surface area contributed by atoms with Crippen LogP contribution in [0.1, 0.15) is 23.7 Å². The van der Waals surface area contributed by atoms with E-state index in [9.17, 15) is 21.6 Å². The van der Waals surface area contributed by atoms with E-state index < -0.39 is 21.8 Å². The van der Waals surface area contributed by atoms with Crippen LogP contribution in [0.4, 0.5) is 13.2 Å². The number of halogens is 4. The van der Waals surface area contributed by atoms with E-state index in [1.54, 1.807) is 0 Å². The van der Waals surface area contributed by atoms with E-state index in [0.717, 1.165) is 29.6 Å². The second-order valence-corrected chi connectivity index (χ2v) is 9.43. The number of fused-ring (bicyclic) bond motifs is 1. The molecule has 0 fully saturated rings. The monoisotopic (exact) mass is 435 g/mol. The van der Waals surface area contributed by atoms with Gasteiger partial charge in [-0.2, -0.15) is 22.6 Å². The van der Waals surface area contributed by atoms with Gasteiger partial charge in [0.25, 0.3) is 0 Å². The molecular weight excluding hydrogens is 415 g/mol. The molecular formula is C18H21ClF3N3O2S. The molecule has 0 N–H and O–H groups in total. The summed E-state index contributed by atoms with van der Waals surface area (Å²) in [4.78, 5) is 0. The first kappa shape index (κ1) is 21.1. The van der Waals surface area contributed by atoms with Crippen LogP contribution < -0.4 is 0 Å². The minimum atomic E-state index is -4.42. The zero-order valence-corrected chi connectivity index (χ0v) is 17.1. The minimum Gasteiger partial charge on any atom is -0.268 e. The zero-order valence-electron chi connectivity index (χ0n) is 15.5. The molecule has 1 aromatic carbocycles. The summed E-state index contributed by atoms with van der Waals surface area (Å²) in [5.74, 6) is 0.596. The highest BCUT2D eigenvalue weighted by atomic mass is 35.5. The van der Waals surface area contributed by atoms with Crippen LogP contribution in [0.3, 0.4) is 0 Å². The molecule has 1 aliphatic rings. The lowest BCUT2D eigenvalue weighted by molar-refractivity contribution is -0.137. The van der Waals surface area contributed by atoms with Gasteiger partial charge in [-0.25, -0.2) is 8.42 Å². The quantitative estimate of drug-likeness (QED) is 0.672. The lowest BCUT2D eigenvalue weighted by Crippen LogP contribution is -2.35. The fourth-order valence-corrected chi connectivity index (χ4v) is 4.18. The Hall–Kier alpha value is -1.58. The average molecular weight is 436 g/mol. The van der Waals surface area contributed by atoms with Crippen molar-refractivity contribution in [2.24, 2.45) is 5.92 Å². The lowest BCUT2D eigenvalue weighted by atomic mass is 10.0. The number of hydrogen-bond acceptors (Lipinski definition) is 3. The molecule has 3 rings (SSSR count). The molecule has 1 atom stereocenters.